The molecule has 1 saturated carbocycles. The molecule has 0 bridgehead atoms. The molecular formula is C23H25FN4O2. The average Bonchev–Trinajstić information content (AvgIpc) is 3.44. The summed E-state index contributed by atoms with van der Waals surface area (Å²) in [4.78, 5) is 15.2. The van der Waals surface area contributed by atoms with Crippen molar-refractivity contribution in [2.45, 2.75) is 25.7 Å². The minimum Gasteiger partial charge on any atom is -0.378 e. The number of amides is 1. The van der Waals surface area contributed by atoms with Crippen LogP contribution in [0.3, 0.4) is 0 Å². The van der Waals surface area contributed by atoms with Gasteiger partial charge in [-0.05, 0) is 49.2 Å². The fraction of sp³-hybridized carbons (Fsp3) is 0.391. The van der Waals surface area contributed by atoms with Crippen LogP contribution >= 0.6 is 0 Å². The van der Waals surface area contributed by atoms with Crippen LogP contribution < -0.4 is 10.2 Å². The first-order valence-electron chi connectivity index (χ1n) is 10.6. The quantitative estimate of drug-likeness (QED) is 0.705. The Kier molecular flexibility index (Phi) is 5.12. The summed E-state index contributed by atoms with van der Waals surface area (Å²) in [7, 11) is 0. The predicted molar refractivity (Wildman–Crippen MR) is 115 cm³/mol. The molecule has 2 aliphatic rings. The lowest BCUT2D eigenvalue weighted by atomic mass is 10.1. The Morgan fingerprint density at radius 2 is 1.80 bits per heavy atom. The van der Waals surface area contributed by atoms with E-state index in [-0.39, 0.29) is 17.6 Å². The Balaban J connectivity index is 1.62. The standard InChI is InChI=1S/C23H25FN4O2/c24-17-8-10-18(11-9-17)28-20-7-3-6-19(27-12-14-30-15-13-27)21(20)22(26-28)25-23(29)16-4-1-2-5-16/h3,6-11,16H,1-2,4-5,12-15H2,(H,25,26,29). The van der Waals surface area contributed by atoms with Gasteiger partial charge in [0.25, 0.3) is 0 Å². The van der Waals surface area contributed by atoms with Gasteiger partial charge >= 0.3 is 0 Å². The molecule has 156 valence electrons. The highest BCUT2D eigenvalue weighted by atomic mass is 19.1. The van der Waals surface area contributed by atoms with Gasteiger partial charge in [0.05, 0.1) is 35.5 Å². The molecule has 1 amide bonds. The lowest BCUT2D eigenvalue weighted by Gasteiger charge is -2.29. The molecule has 5 rings (SSSR count). The van der Waals surface area contributed by atoms with E-state index in [1.54, 1.807) is 16.8 Å². The van der Waals surface area contributed by atoms with Crippen molar-refractivity contribution < 1.29 is 13.9 Å². The van der Waals surface area contributed by atoms with Crippen molar-refractivity contribution in [3.05, 3.63) is 48.3 Å². The first kappa shape index (κ1) is 19.1. The van der Waals surface area contributed by atoms with Crippen molar-refractivity contribution in [2.24, 2.45) is 5.92 Å². The summed E-state index contributed by atoms with van der Waals surface area (Å²) in [6.45, 7) is 2.92. The van der Waals surface area contributed by atoms with Gasteiger partial charge in [-0.2, -0.15) is 0 Å². The zero-order valence-electron chi connectivity index (χ0n) is 16.8. The summed E-state index contributed by atoms with van der Waals surface area (Å²) in [6.07, 6.45) is 4.06. The third-order valence-electron chi connectivity index (χ3n) is 6.08. The summed E-state index contributed by atoms with van der Waals surface area (Å²) in [5, 5.41) is 8.78. The molecule has 2 fully saturated rings. The normalized spacial score (nSPS) is 17.6. The van der Waals surface area contributed by atoms with Crippen molar-refractivity contribution in [1.29, 1.82) is 0 Å². The lowest BCUT2D eigenvalue weighted by molar-refractivity contribution is -0.119. The number of ether oxygens (including phenoxy) is 1. The second kappa shape index (κ2) is 8.07. The molecule has 7 heteroatoms. The molecule has 0 radical (unpaired) electrons. The second-order valence-corrected chi connectivity index (χ2v) is 7.98. The summed E-state index contributed by atoms with van der Waals surface area (Å²) < 4.78 is 20.8. The second-order valence-electron chi connectivity index (χ2n) is 7.98. The maximum atomic E-state index is 13.5. The van der Waals surface area contributed by atoms with E-state index < -0.39 is 0 Å². The molecule has 1 N–H and O–H groups in total. The number of halogens is 1. The molecule has 1 aromatic heterocycles. The smallest absolute Gasteiger partial charge is 0.228 e. The Bertz CT molecular complexity index is 1050. The van der Waals surface area contributed by atoms with Crippen LogP contribution in [0.1, 0.15) is 25.7 Å². The molecule has 2 heterocycles. The van der Waals surface area contributed by atoms with Crippen molar-refractivity contribution in [3.63, 3.8) is 0 Å². The zero-order valence-corrected chi connectivity index (χ0v) is 16.8. The van der Waals surface area contributed by atoms with Gasteiger partial charge in [0.15, 0.2) is 5.82 Å². The van der Waals surface area contributed by atoms with Crippen molar-refractivity contribution in [2.75, 3.05) is 36.5 Å². The fourth-order valence-electron chi connectivity index (χ4n) is 4.49. The Labute approximate surface area is 174 Å². The molecule has 2 aromatic carbocycles. The SMILES string of the molecule is O=C(Nc1nn(-c2ccc(F)cc2)c2cccc(N3CCOCC3)c12)C1CCCC1. The number of nitrogens with one attached hydrogen (secondary N) is 1. The summed E-state index contributed by atoms with van der Waals surface area (Å²) in [5.41, 5.74) is 2.67. The molecule has 3 aromatic rings. The highest BCUT2D eigenvalue weighted by molar-refractivity contribution is 6.07. The van der Waals surface area contributed by atoms with E-state index in [0.29, 0.717) is 19.0 Å². The minimum atomic E-state index is -0.293. The number of carbonyl (C=O) groups is 1. The number of aromatic nitrogens is 2. The van der Waals surface area contributed by atoms with Crippen molar-refractivity contribution >= 4 is 28.3 Å². The summed E-state index contributed by atoms with van der Waals surface area (Å²) >= 11 is 0. The van der Waals surface area contributed by atoms with Gasteiger partial charge in [-0.3, -0.25) is 4.79 Å². The largest absolute Gasteiger partial charge is 0.378 e. The molecule has 0 spiro atoms. The molecule has 6 nitrogen and oxygen atoms in total. The van der Waals surface area contributed by atoms with Crippen LogP contribution in [0, 0.1) is 11.7 Å². The van der Waals surface area contributed by atoms with Gasteiger partial charge in [-0.25, -0.2) is 9.07 Å². The molecule has 0 unspecified atom stereocenters. The van der Waals surface area contributed by atoms with Crippen LogP contribution in [0.15, 0.2) is 42.5 Å². The van der Waals surface area contributed by atoms with Crippen LogP contribution in [-0.2, 0) is 9.53 Å². The third-order valence-corrected chi connectivity index (χ3v) is 6.08. The minimum absolute atomic E-state index is 0.0370. The summed E-state index contributed by atoms with van der Waals surface area (Å²) in [5.74, 6) is 0.355. The van der Waals surface area contributed by atoms with E-state index in [2.05, 4.69) is 16.3 Å². The molecule has 1 aliphatic carbocycles. The van der Waals surface area contributed by atoms with Gasteiger partial charge in [0.2, 0.25) is 5.91 Å². The zero-order chi connectivity index (χ0) is 20.5. The molecule has 30 heavy (non-hydrogen) atoms. The van der Waals surface area contributed by atoms with Gasteiger partial charge in [-0.15, -0.1) is 5.10 Å². The maximum absolute atomic E-state index is 13.5. The monoisotopic (exact) mass is 408 g/mol. The van der Waals surface area contributed by atoms with Crippen LogP contribution in [0.5, 0.6) is 0 Å². The molecule has 1 saturated heterocycles. The van der Waals surface area contributed by atoms with Gasteiger partial charge in [0.1, 0.15) is 5.82 Å². The van der Waals surface area contributed by atoms with E-state index in [0.717, 1.165) is 61.1 Å². The van der Waals surface area contributed by atoms with E-state index in [4.69, 9.17) is 9.84 Å². The van der Waals surface area contributed by atoms with Crippen molar-refractivity contribution in [1.82, 2.24) is 9.78 Å². The number of fused-ring (bicyclic) bond motifs is 1. The van der Waals surface area contributed by atoms with E-state index >= 15 is 0 Å². The highest BCUT2D eigenvalue weighted by Gasteiger charge is 2.26. The van der Waals surface area contributed by atoms with Crippen LogP contribution in [0.25, 0.3) is 16.6 Å². The fourth-order valence-corrected chi connectivity index (χ4v) is 4.49. The first-order chi connectivity index (χ1) is 14.7. The topological polar surface area (TPSA) is 59.4 Å². The Hall–Kier alpha value is -2.93. The molecule has 1 aliphatic heterocycles. The Morgan fingerprint density at radius 3 is 2.53 bits per heavy atom. The van der Waals surface area contributed by atoms with Gasteiger partial charge in [0, 0.05) is 19.0 Å². The number of hydrogen-bond donors (Lipinski definition) is 1. The number of morpholine rings is 1. The van der Waals surface area contributed by atoms with E-state index in [1.807, 2.05) is 12.1 Å². The number of hydrogen-bond acceptors (Lipinski definition) is 4. The first-order valence-corrected chi connectivity index (χ1v) is 10.6. The predicted octanol–water partition coefficient (Wildman–Crippen LogP) is 4.13. The number of rotatable bonds is 4. The van der Waals surface area contributed by atoms with E-state index in [9.17, 15) is 9.18 Å². The van der Waals surface area contributed by atoms with Crippen LogP contribution in [0.2, 0.25) is 0 Å². The van der Waals surface area contributed by atoms with Crippen molar-refractivity contribution in [3.8, 4) is 5.69 Å². The number of anilines is 2. The number of carbonyl (C=O) groups excluding carboxylic acids is 1. The maximum Gasteiger partial charge on any atom is 0.228 e. The van der Waals surface area contributed by atoms with Gasteiger partial charge in [-0.1, -0.05) is 18.9 Å². The lowest BCUT2D eigenvalue weighted by Crippen LogP contribution is -2.36. The summed E-state index contributed by atoms with van der Waals surface area (Å²) in [6, 6.07) is 12.3. The van der Waals surface area contributed by atoms with E-state index in [1.165, 1.54) is 12.1 Å². The van der Waals surface area contributed by atoms with Crippen LogP contribution in [-0.4, -0.2) is 42.0 Å². The highest BCUT2D eigenvalue weighted by Crippen LogP contribution is 2.36. The Morgan fingerprint density at radius 1 is 1.07 bits per heavy atom. The van der Waals surface area contributed by atoms with Gasteiger partial charge < -0.3 is 15.0 Å². The molecule has 0 atom stereocenters. The van der Waals surface area contributed by atoms with Crippen LogP contribution in [0.4, 0.5) is 15.9 Å². The molecular weight excluding hydrogens is 383 g/mol. The third kappa shape index (κ3) is 3.54. The number of nitrogens with zero attached hydrogens (tertiary/aromatic N) is 3. The number of benzene rings is 2. The average molecular weight is 408 g/mol.